The van der Waals surface area contributed by atoms with Crippen LogP contribution in [0.25, 0.3) is 55.8 Å². The Kier molecular flexibility index (Phi) is 4.22. The molecule has 0 amide bonds. The Labute approximate surface area is 185 Å². The molecule has 0 bridgehead atoms. The van der Waals surface area contributed by atoms with E-state index in [4.69, 9.17) is 0 Å². The summed E-state index contributed by atoms with van der Waals surface area (Å²) >= 11 is 0. The van der Waals surface area contributed by atoms with Gasteiger partial charge in [-0.3, -0.25) is 20.1 Å². The first-order valence-corrected chi connectivity index (χ1v) is 10.1. The summed E-state index contributed by atoms with van der Waals surface area (Å²) in [5.74, 6) is -0.573. The van der Waals surface area contributed by atoms with Crippen LogP contribution >= 0.6 is 0 Å². The Morgan fingerprint density at radius 3 is 2.52 bits per heavy atom. The van der Waals surface area contributed by atoms with E-state index >= 15 is 4.39 Å². The first-order valence-electron chi connectivity index (χ1n) is 10.1. The monoisotopic (exact) mass is 439 g/mol. The number of imidazole rings is 1. The highest BCUT2D eigenvalue weighted by atomic mass is 19.1. The lowest BCUT2D eigenvalue weighted by atomic mass is 10.1. The molecule has 0 atom stereocenters. The molecule has 5 heterocycles. The van der Waals surface area contributed by atoms with E-state index in [1.54, 1.807) is 49.1 Å². The van der Waals surface area contributed by atoms with Crippen LogP contribution < -0.4 is 0 Å². The minimum Gasteiger partial charge on any atom is -0.335 e. The number of hydrogen-bond donors (Lipinski definition) is 2. The molecule has 0 unspecified atom stereocenters. The van der Waals surface area contributed by atoms with Crippen LogP contribution in [0, 0.1) is 18.6 Å². The van der Waals surface area contributed by atoms with Crippen LogP contribution in [0.15, 0.2) is 61.3 Å². The zero-order valence-electron chi connectivity index (χ0n) is 17.3. The van der Waals surface area contributed by atoms with Gasteiger partial charge in [0.2, 0.25) is 0 Å². The maximum absolute atomic E-state index is 15.7. The molecule has 5 aromatic heterocycles. The van der Waals surface area contributed by atoms with Crippen molar-refractivity contribution in [3.05, 3.63) is 78.5 Å². The van der Waals surface area contributed by atoms with Crippen LogP contribution in [0.1, 0.15) is 5.56 Å². The first kappa shape index (κ1) is 19.2. The molecule has 33 heavy (non-hydrogen) atoms. The van der Waals surface area contributed by atoms with Crippen molar-refractivity contribution in [3.63, 3.8) is 0 Å². The Bertz CT molecular complexity index is 1670. The fourth-order valence-corrected chi connectivity index (χ4v) is 3.97. The molecule has 0 fully saturated rings. The van der Waals surface area contributed by atoms with Crippen molar-refractivity contribution in [3.8, 4) is 33.9 Å². The molecule has 1 aromatic carbocycles. The Balaban J connectivity index is 1.57. The number of aromatic amines is 2. The molecule has 6 rings (SSSR count). The highest BCUT2D eigenvalue weighted by molar-refractivity contribution is 5.97. The summed E-state index contributed by atoms with van der Waals surface area (Å²) in [5.41, 5.74) is 4.36. The van der Waals surface area contributed by atoms with Gasteiger partial charge in [-0.15, -0.1) is 0 Å². The molecule has 2 N–H and O–H groups in total. The van der Waals surface area contributed by atoms with Crippen molar-refractivity contribution < 1.29 is 8.78 Å². The quantitative estimate of drug-likeness (QED) is 0.395. The summed E-state index contributed by atoms with van der Waals surface area (Å²) in [4.78, 5) is 20.4. The summed E-state index contributed by atoms with van der Waals surface area (Å²) in [5, 5.41) is 7.36. The van der Waals surface area contributed by atoms with Crippen molar-refractivity contribution in [2.75, 3.05) is 0 Å². The van der Waals surface area contributed by atoms with Gasteiger partial charge < -0.3 is 4.98 Å². The van der Waals surface area contributed by atoms with Gasteiger partial charge in [-0.25, -0.2) is 13.8 Å². The van der Waals surface area contributed by atoms with Crippen LogP contribution in [0.5, 0.6) is 0 Å². The number of H-pyrrole nitrogens is 2. The summed E-state index contributed by atoms with van der Waals surface area (Å²) in [7, 11) is 0. The summed E-state index contributed by atoms with van der Waals surface area (Å²) in [6, 6.07) is 8.21. The lowest BCUT2D eigenvalue weighted by Gasteiger charge is -2.06. The molecule has 0 saturated heterocycles. The second-order valence-corrected chi connectivity index (χ2v) is 7.62. The third-order valence-electron chi connectivity index (χ3n) is 5.62. The van der Waals surface area contributed by atoms with Crippen molar-refractivity contribution >= 4 is 21.9 Å². The number of nitrogens with one attached hydrogen (secondary N) is 2. The normalized spacial score (nSPS) is 11.5. The number of aromatic nitrogens is 7. The molecule has 0 spiro atoms. The van der Waals surface area contributed by atoms with Gasteiger partial charge in [0.15, 0.2) is 11.6 Å². The van der Waals surface area contributed by atoms with Crippen molar-refractivity contribution in [1.82, 2.24) is 35.1 Å². The number of rotatable bonds is 3. The van der Waals surface area contributed by atoms with E-state index in [9.17, 15) is 4.39 Å². The minimum absolute atomic E-state index is 0.181. The maximum Gasteiger partial charge on any atom is 0.161 e. The Morgan fingerprint density at radius 2 is 1.67 bits per heavy atom. The van der Waals surface area contributed by atoms with Gasteiger partial charge in [-0.05, 0) is 24.6 Å². The smallest absolute Gasteiger partial charge is 0.161 e. The molecular weight excluding hydrogens is 424 g/mol. The van der Waals surface area contributed by atoms with Gasteiger partial charge in [-0.1, -0.05) is 18.2 Å². The van der Waals surface area contributed by atoms with Gasteiger partial charge >= 0.3 is 0 Å². The average molecular weight is 439 g/mol. The third-order valence-corrected chi connectivity index (χ3v) is 5.62. The highest BCUT2D eigenvalue weighted by Gasteiger charge is 2.22. The van der Waals surface area contributed by atoms with Gasteiger partial charge in [0.05, 0.1) is 28.8 Å². The Hall–Kier alpha value is -4.53. The number of hydrogen-bond acceptors (Lipinski definition) is 5. The molecule has 160 valence electrons. The van der Waals surface area contributed by atoms with E-state index in [0.29, 0.717) is 44.8 Å². The van der Waals surface area contributed by atoms with E-state index in [1.807, 2.05) is 6.92 Å². The fraction of sp³-hybridized carbons (Fsp3) is 0.0417. The number of fused-ring (bicyclic) bond motifs is 2. The van der Waals surface area contributed by atoms with Gasteiger partial charge in [0.25, 0.3) is 0 Å². The van der Waals surface area contributed by atoms with E-state index in [-0.39, 0.29) is 16.9 Å². The molecule has 0 aliphatic heterocycles. The van der Waals surface area contributed by atoms with Crippen LogP contribution in [0.4, 0.5) is 8.78 Å². The molecule has 0 aliphatic rings. The largest absolute Gasteiger partial charge is 0.335 e. The summed E-state index contributed by atoms with van der Waals surface area (Å²) < 4.78 is 30.2. The predicted molar refractivity (Wildman–Crippen MR) is 120 cm³/mol. The van der Waals surface area contributed by atoms with Crippen LogP contribution in [-0.2, 0) is 0 Å². The van der Waals surface area contributed by atoms with Crippen molar-refractivity contribution in [2.45, 2.75) is 6.92 Å². The highest BCUT2D eigenvalue weighted by Crippen LogP contribution is 2.35. The van der Waals surface area contributed by atoms with E-state index in [0.717, 1.165) is 5.56 Å². The molecule has 0 saturated carbocycles. The van der Waals surface area contributed by atoms with Gasteiger partial charge in [0, 0.05) is 35.3 Å². The standard InChI is InChI=1S/C24H15F2N7/c1-12-6-7-27-8-14(12)22-20(26)19-17(11-29-22)32-33-23(19)24-30-18-10-28-9-15(21(18)31-24)13-4-2-3-5-16(13)25/h2-11H,1H3,(H,30,31)(H,32,33). The lowest BCUT2D eigenvalue weighted by molar-refractivity contribution is 0.631. The van der Waals surface area contributed by atoms with E-state index < -0.39 is 5.82 Å². The van der Waals surface area contributed by atoms with Crippen LogP contribution in [0.2, 0.25) is 0 Å². The van der Waals surface area contributed by atoms with Gasteiger partial charge in [0.1, 0.15) is 22.7 Å². The zero-order valence-corrected chi connectivity index (χ0v) is 17.3. The van der Waals surface area contributed by atoms with E-state index in [1.165, 1.54) is 12.3 Å². The average Bonchev–Trinajstić information content (AvgIpc) is 3.45. The molecule has 0 aliphatic carbocycles. The lowest BCUT2D eigenvalue weighted by Crippen LogP contribution is -1.94. The number of aryl methyl sites for hydroxylation is 1. The topological polar surface area (TPSA) is 96.0 Å². The van der Waals surface area contributed by atoms with E-state index in [2.05, 4.69) is 35.1 Å². The second-order valence-electron chi connectivity index (χ2n) is 7.62. The number of nitrogens with zero attached hydrogens (tertiary/aromatic N) is 5. The first-order chi connectivity index (χ1) is 16.1. The minimum atomic E-state index is -0.528. The van der Waals surface area contributed by atoms with Crippen LogP contribution in [-0.4, -0.2) is 35.1 Å². The van der Waals surface area contributed by atoms with Crippen LogP contribution in [0.3, 0.4) is 0 Å². The summed E-state index contributed by atoms with van der Waals surface area (Å²) in [6.07, 6.45) is 7.91. The number of pyridine rings is 3. The fourth-order valence-electron chi connectivity index (χ4n) is 3.97. The number of halogens is 2. The van der Waals surface area contributed by atoms with Crippen molar-refractivity contribution in [1.29, 1.82) is 0 Å². The molecule has 7 nitrogen and oxygen atoms in total. The Morgan fingerprint density at radius 1 is 0.818 bits per heavy atom. The molecule has 9 heteroatoms. The SMILES string of the molecule is Cc1ccncc1-c1ncc2[nH]nc(-c3nc4c(-c5ccccc5F)cncc4[nH]3)c2c1F. The predicted octanol–water partition coefficient (Wildman–Crippen LogP) is 5.21. The molecular formula is C24H15F2N7. The van der Waals surface area contributed by atoms with Gasteiger partial charge in [-0.2, -0.15) is 5.10 Å². The maximum atomic E-state index is 15.7. The second kappa shape index (κ2) is 7.27. The summed E-state index contributed by atoms with van der Waals surface area (Å²) in [6.45, 7) is 1.87. The molecule has 0 radical (unpaired) electrons. The third kappa shape index (κ3) is 2.97. The van der Waals surface area contributed by atoms with Crippen molar-refractivity contribution in [2.24, 2.45) is 0 Å². The molecule has 6 aromatic rings. The number of benzene rings is 1. The zero-order chi connectivity index (χ0) is 22.5.